The number of morpholine rings is 1. The Morgan fingerprint density at radius 3 is 3.00 bits per heavy atom. The van der Waals surface area contributed by atoms with Gasteiger partial charge in [-0.05, 0) is 23.8 Å². The predicted molar refractivity (Wildman–Crippen MR) is 82.3 cm³/mol. The Morgan fingerprint density at radius 1 is 1.32 bits per heavy atom. The van der Waals surface area contributed by atoms with Crippen molar-refractivity contribution in [2.24, 2.45) is 0 Å². The van der Waals surface area contributed by atoms with E-state index >= 15 is 0 Å². The Kier molecular flexibility index (Phi) is 4.46. The number of aliphatic carboxylic acids is 1. The van der Waals surface area contributed by atoms with Crippen molar-refractivity contribution in [3.63, 3.8) is 0 Å². The third kappa shape index (κ3) is 3.50. The summed E-state index contributed by atoms with van der Waals surface area (Å²) in [6.45, 7) is 2.34. The molecule has 5 heteroatoms. The fourth-order valence-corrected chi connectivity index (χ4v) is 2.62. The molecule has 22 heavy (non-hydrogen) atoms. The largest absolute Gasteiger partial charge is 0.479 e. The molecular weight excluding hydrogens is 280 g/mol. The number of carboxylic acid groups (broad SMARTS) is 1. The molecule has 0 amide bonds. The van der Waals surface area contributed by atoms with Crippen LogP contribution in [0.25, 0.3) is 11.3 Å². The van der Waals surface area contributed by atoms with Crippen LogP contribution in [0.4, 0.5) is 0 Å². The lowest BCUT2D eigenvalue weighted by atomic mass is 10.1. The lowest BCUT2D eigenvalue weighted by molar-refractivity contribution is -0.156. The van der Waals surface area contributed by atoms with Crippen LogP contribution in [0, 0.1) is 0 Å². The molecule has 2 aromatic rings. The van der Waals surface area contributed by atoms with Crippen molar-refractivity contribution in [2.45, 2.75) is 12.6 Å². The Morgan fingerprint density at radius 2 is 2.23 bits per heavy atom. The van der Waals surface area contributed by atoms with Gasteiger partial charge in [0.15, 0.2) is 6.10 Å². The number of carbonyl (C=O) groups is 1. The van der Waals surface area contributed by atoms with Gasteiger partial charge in [0.25, 0.3) is 0 Å². The Bertz CT molecular complexity index is 645. The van der Waals surface area contributed by atoms with Crippen molar-refractivity contribution in [1.82, 2.24) is 9.88 Å². The number of rotatable bonds is 4. The van der Waals surface area contributed by atoms with E-state index < -0.39 is 12.1 Å². The molecule has 0 aliphatic carbocycles. The summed E-state index contributed by atoms with van der Waals surface area (Å²) in [6.07, 6.45) is 1.05. The average Bonchev–Trinajstić information content (AvgIpc) is 2.56. The molecule has 5 nitrogen and oxygen atoms in total. The minimum Gasteiger partial charge on any atom is -0.479 e. The van der Waals surface area contributed by atoms with Crippen molar-refractivity contribution in [1.29, 1.82) is 0 Å². The van der Waals surface area contributed by atoms with Crippen LogP contribution in [0.5, 0.6) is 0 Å². The van der Waals surface area contributed by atoms with Gasteiger partial charge >= 0.3 is 5.97 Å². The summed E-state index contributed by atoms with van der Waals surface area (Å²) in [4.78, 5) is 17.5. The van der Waals surface area contributed by atoms with Gasteiger partial charge in [-0.1, -0.05) is 24.3 Å². The molecule has 1 fully saturated rings. The van der Waals surface area contributed by atoms with Crippen LogP contribution in [0.2, 0.25) is 0 Å². The molecule has 1 aliphatic rings. The Labute approximate surface area is 129 Å². The molecule has 0 saturated carbocycles. The number of carboxylic acids is 1. The third-order valence-corrected chi connectivity index (χ3v) is 3.72. The van der Waals surface area contributed by atoms with Crippen molar-refractivity contribution in [2.75, 3.05) is 19.7 Å². The number of pyridine rings is 1. The topological polar surface area (TPSA) is 62.7 Å². The first-order valence-electron chi connectivity index (χ1n) is 7.29. The standard InChI is InChI=1S/C17H18N2O3/c20-17(21)16-12-19(8-9-22-16)11-13-4-3-5-14(10-13)15-6-1-2-7-18-15/h1-7,10,16H,8-9,11-12H2,(H,20,21)/t16-/m1/s1. The summed E-state index contributed by atoms with van der Waals surface area (Å²) >= 11 is 0. The zero-order valence-electron chi connectivity index (χ0n) is 12.2. The maximum atomic E-state index is 11.0. The summed E-state index contributed by atoms with van der Waals surface area (Å²) in [5, 5.41) is 9.05. The summed E-state index contributed by atoms with van der Waals surface area (Å²) in [5.41, 5.74) is 3.16. The second-order valence-corrected chi connectivity index (χ2v) is 5.35. The average molecular weight is 298 g/mol. The molecule has 0 bridgehead atoms. The predicted octanol–water partition coefficient (Wildman–Crippen LogP) is 2.03. The Balaban J connectivity index is 1.72. The molecular formula is C17H18N2O3. The maximum absolute atomic E-state index is 11.0. The van der Waals surface area contributed by atoms with Gasteiger partial charge < -0.3 is 9.84 Å². The van der Waals surface area contributed by atoms with Crippen molar-refractivity contribution in [3.05, 3.63) is 54.2 Å². The molecule has 1 aromatic carbocycles. The zero-order chi connectivity index (χ0) is 15.4. The van der Waals surface area contributed by atoms with E-state index in [9.17, 15) is 4.79 Å². The number of nitrogens with zero attached hydrogens (tertiary/aromatic N) is 2. The second kappa shape index (κ2) is 6.68. The molecule has 0 spiro atoms. The molecule has 3 rings (SSSR count). The van der Waals surface area contributed by atoms with E-state index in [4.69, 9.17) is 9.84 Å². The highest BCUT2D eigenvalue weighted by Gasteiger charge is 2.26. The molecule has 1 aliphatic heterocycles. The molecule has 1 saturated heterocycles. The van der Waals surface area contributed by atoms with Gasteiger partial charge in [0.05, 0.1) is 12.3 Å². The van der Waals surface area contributed by atoms with Gasteiger partial charge in [-0.3, -0.25) is 9.88 Å². The molecule has 1 N–H and O–H groups in total. The minimum absolute atomic E-state index is 0.420. The summed E-state index contributed by atoms with van der Waals surface area (Å²) in [5.74, 6) is -0.896. The number of hydrogen-bond donors (Lipinski definition) is 1. The minimum atomic E-state index is -0.896. The maximum Gasteiger partial charge on any atom is 0.334 e. The van der Waals surface area contributed by atoms with Crippen LogP contribution in [0.15, 0.2) is 48.7 Å². The monoisotopic (exact) mass is 298 g/mol. The van der Waals surface area contributed by atoms with Crippen LogP contribution in [-0.4, -0.2) is 46.8 Å². The highest BCUT2D eigenvalue weighted by molar-refractivity contribution is 5.72. The first-order chi connectivity index (χ1) is 10.7. The van der Waals surface area contributed by atoms with E-state index in [1.165, 1.54) is 0 Å². The second-order valence-electron chi connectivity index (χ2n) is 5.35. The molecule has 0 unspecified atom stereocenters. The third-order valence-electron chi connectivity index (χ3n) is 3.72. The van der Waals surface area contributed by atoms with E-state index in [1.807, 2.05) is 30.3 Å². The molecule has 1 aromatic heterocycles. The van der Waals surface area contributed by atoms with E-state index in [-0.39, 0.29) is 0 Å². The number of hydrogen-bond acceptors (Lipinski definition) is 4. The van der Waals surface area contributed by atoms with Crippen molar-refractivity contribution in [3.8, 4) is 11.3 Å². The van der Waals surface area contributed by atoms with E-state index in [2.05, 4.69) is 22.0 Å². The van der Waals surface area contributed by atoms with E-state index in [0.717, 1.165) is 23.4 Å². The number of ether oxygens (including phenoxy) is 1. The Hall–Kier alpha value is -2.24. The van der Waals surface area contributed by atoms with Crippen LogP contribution < -0.4 is 0 Å². The highest BCUT2D eigenvalue weighted by Crippen LogP contribution is 2.19. The van der Waals surface area contributed by atoms with Gasteiger partial charge in [0.2, 0.25) is 0 Å². The zero-order valence-corrected chi connectivity index (χ0v) is 12.2. The summed E-state index contributed by atoms with van der Waals surface area (Å²) < 4.78 is 5.25. The van der Waals surface area contributed by atoms with Crippen molar-refractivity contribution >= 4 is 5.97 Å². The van der Waals surface area contributed by atoms with Crippen LogP contribution in [0.1, 0.15) is 5.56 Å². The lowest BCUT2D eigenvalue weighted by Crippen LogP contribution is -2.45. The fraction of sp³-hybridized carbons (Fsp3) is 0.294. The van der Waals surface area contributed by atoms with Crippen LogP contribution in [0.3, 0.4) is 0 Å². The van der Waals surface area contributed by atoms with Crippen LogP contribution >= 0.6 is 0 Å². The summed E-state index contributed by atoms with van der Waals surface area (Å²) in [6, 6.07) is 14.0. The molecule has 0 radical (unpaired) electrons. The lowest BCUT2D eigenvalue weighted by Gasteiger charge is -2.30. The van der Waals surface area contributed by atoms with Crippen LogP contribution in [-0.2, 0) is 16.1 Å². The van der Waals surface area contributed by atoms with Gasteiger partial charge in [-0.25, -0.2) is 4.79 Å². The van der Waals surface area contributed by atoms with Gasteiger partial charge in [0.1, 0.15) is 0 Å². The summed E-state index contributed by atoms with van der Waals surface area (Å²) in [7, 11) is 0. The number of aromatic nitrogens is 1. The molecule has 2 heterocycles. The SMILES string of the molecule is O=C(O)[C@H]1CN(Cc2cccc(-c3ccccn3)c2)CCO1. The highest BCUT2D eigenvalue weighted by atomic mass is 16.5. The molecule has 1 atom stereocenters. The molecule has 114 valence electrons. The van der Waals surface area contributed by atoms with Gasteiger partial charge in [-0.2, -0.15) is 0 Å². The van der Waals surface area contributed by atoms with Gasteiger partial charge in [0, 0.05) is 31.4 Å². The quantitative estimate of drug-likeness (QED) is 0.936. The first-order valence-corrected chi connectivity index (χ1v) is 7.29. The normalized spacial score (nSPS) is 19.0. The number of benzene rings is 1. The first kappa shape index (κ1) is 14.7. The van der Waals surface area contributed by atoms with E-state index in [1.54, 1.807) is 6.20 Å². The van der Waals surface area contributed by atoms with Crippen molar-refractivity contribution < 1.29 is 14.6 Å². The van der Waals surface area contributed by atoms with E-state index in [0.29, 0.717) is 19.7 Å². The van der Waals surface area contributed by atoms with Gasteiger partial charge in [-0.15, -0.1) is 0 Å². The smallest absolute Gasteiger partial charge is 0.334 e. The fourth-order valence-electron chi connectivity index (χ4n) is 2.62.